The summed E-state index contributed by atoms with van der Waals surface area (Å²) in [6, 6.07) is 0. The molecule has 0 fully saturated rings. The molecule has 0 unspecified atom stereocenters. The molecule has 0 saturated heterocycles. The highest BCUT2D eigenvalue weighted by atomic mass is 16.2. The van der Waals surface area contributed by atoms with Crippen LogP contribution in [0.5, 0.6) is 0 Å². The molecule has 0 aromatic heterocycles. The van der Waals surface area contributed by atoms with Gasteiger partial charge in [0.25, 0.3) is 5.91 Å². The number of amidine groups is 1. The van der Waals surface area contributed by atoms with E-state index in [0.717, 1.165) is 6.54 Å². The molecule has 0 aromatic rings. The topological polar surface area (TPSA) is 79.5 Å². The lowest BCUT2D eigenvalue weighted by Gasteiger charge is -1.96. The Morgan fingerprint density at radius 1 is 1.89 bits per heavy atom. The number of hydrogen-bond donors (Lipinski definition) is 3. The fourth-order valence-corrected chi connectivity index (χ4v) is 0.618. The smallest absolute Gasteiger partial charge is 0.300 e. The van der Waals surface area contributed by atoms with Crippen LogP contribution in [0.1, 0.15) is 0 Å². The lowest BCUT2D eigenvalue weighted by molar-refractivity contribution is -0.115. The van der Waals surface area contributed by atoms with Crippen LogP contribution in [0, 0.1) is 0 Å². The van der Waals surface area contributed by atoms with Crippen molar-refractivity contribution in [2.24, 2.45) is 10.8 Å². The lowest BCUT2D eigenvalue weighted by Crippen LogP contribution is -2.41. The Morgan fingerprint density at radius 2 is 2.67 bits per heavy atom. The maximum Gasteiger partial charge on any atom is 0.300 e. The van der Waals surface area contributed by atoms with Crippen LogP contribution >= 0.6 is 0 Å². The molecule has 5 nitrogen and oxygen atoms in total. The van der Waals surface area contributed by atoms with E-state index >= 15 is 0 Å². The van der Waals surface area contributed by atoms with Crippen molar-refractivity contribution in [3.05, 3.63) is 0 Å². The molecule has 1 aliphatic heterocycles. The quantitative estimate of drug-likeness (QED) is 0.216. The van der Waals surface area contributed by atoms with Crippen molar-refractivity contribution in [2.75, 3.05) is 13.1 Å². The van der Waals surface area contributed by atoms with Gasteiger partial charge in [0.15, 0.2) is 5.84 Å². The van der Waals surface area contributed by atoms with Crippen molar-refractivity contribution in [3.63, 3.8) is 0 Å². The first kappa shape index (κ1) is 6.03. The second kappa shape index (κ2) is 2.45. The van der Waals surface area contributed by atoms with Crippen molar-refractivity contribution in [3.8, 4) is 0 Å². The first-order valence-corrected chi connectivity index (χ1v) is 2.64. The second-order valence-electron chi connectivity index (χ2n) is 1.63. The molecule has 1 amide bonds. The van der Waals surface area contributed by atoms with Gasteiger partial charge < -0.3 is 5.32 Å². The SMILES string of the molecule is NNC(=O)C1=NCCN1. The fraction of sp³-hybridized carbons (Fsp3) is 0.500. The first-order chi connectivity index (χ1) is 4.34. The Bertz CT molecular complexity index is 153. The largest absolute Gasteiger partial charge is 0.364 e. The molecule has 5 heteroatoms. The van der Waals surface area contributed by atoms with Gasteiger partial charge in [0.1, 0.15) is 0 Å². The van der Waals surface area contributed by atoms with Crippen molar-refractivity contribution in [1.29, 1.82) is 0 Å². The monoisotopic (exact) mass is 128 g/mol. The van der Waals surface area contributed by atoms with E-state index in [2.05, 4.69) is 10.3 Å². The van der Waals surface area contributed by atoms with Gasteiger partial charge in [-0.2, -0.15) is 0 Å². The molecule has 1 heterocycles. The number of rotatable bonds is 1. The number of aliphatic imine (C=N–C) groups is 1. The molecule has 50 valence electrons. The number of hydrazine groups is 1. The molecule has 0 bridgehead atoms. The van der Waals surface area contributed by atoms with Crippen LogP contribution in [0.4, 0.5) is 0 Å². The minimum Gasteiger partial charge on any atom is -0.364 e. The molecule has 0 atom stereocenters. The summed E-state index contributed by atoms with van der Waals surface area (Å²) in [5.74, 6) is 4.81. The molecule has 9 heavy (non-hydrogen) atoms. The minimum atomic E-state index is -0.354. The molecule has 0 radical (unpaired) electrons. The molecule has 0 spiro atoms. The zero-order chi connectivity index (χ0) is 6.69. The molecular formula is C4H8N4O. The summed E-state index contributed by atoms with van der Waals surface area (Å²) < 4.78 is 0. The lowest BCUT2D eigenvalue weighted by atomic mass is 10.6. The van der Waals surface area contributed by atoms with Crippen LogP contribution in [0.2, 0.25) is 0 Å². The van der Waals surface area contributed by atoms with Gasteiger partial charge in [0.05, 0.1) is 6.54 Å². The number of nitrogens with zero attached hydrogens (tertiary/aromatic N) is 1. The van der Waals surface area contributed by atoms with Crippen molar-refractivity contribution in [2.45, 2.75) is 0 Å². The Kier molecular flexibility index (Phi) is 1.64. The van der Waals surface area contributed by atoms with Gasteiger partial charge in [-0.3, -0.25) is 15.2 Å². The van der Waals surface area contributed by atoms with Gasteiger partial charge in [-0.25, -0.2) is 5.84 Å². The van der Waals surface area contributed by atoms with E-state index in [1.807, 2.05) is 5.43 Å². The predicted octanol–water partition coefficient (Wildman–Crippen LogP) is -2.02. The molecule has 0 saturated carbocycles. The van der Waals surface area contributed by atoms with Crippen molar-refractivity contribution >= 4 is 11.7 Å². The number of carbonyl (C=O) groups excluding carboxylic acids is 1. The second-order valence-corrected chi connectivity index (χ2v) is 1.63. The normalized spacial score (nSPS) is 16.3. The Labute approximate surface area is 52.3 Å². The third-order valence-corrected chi connectivity index (χ3v) is 1.02. The fourth-order valence-electron chi connectivity index (χ4n) is 0.618. The highest BCUT2D eigenvalue weighted by Gasteiger charge is 2.11. The van der Waals surface area contributed by atoms with Crippen molar-refractivity contribution < 1.29 is 4.79 Å². The number of nitrogens with two attached hydrogens (primary N) is 1. The van der Waals surface area contributed by atoms with Crippen LogP contribution < -0.4 is 16.6 Å². The highest BCUT2D eigenvalue weighted by molar-refractivity contribution is 6.38. The zero-order valence-corrected chi connectivity index (χ0v) is 4.85. The van der Waals surface area contributed by atoms with E-state index in [1.165, 1.54) is 0 Å². The van der Waals surface area contributed by atoms with Crippen LogP contribution in [0.3, 0.4) is 0 Å². The van der Waals surface area contributed by atoms with Gasteiger partial charge in [-0.1, -0.05) is 0 Å². The third kappa shape index (κ3) is 1.17. The molecule has 0 aliphatic carbocycles. The van der Waals surface area contributed by atoms with Crippen LogP contribution in [0.15, 0.2) is 4.99 Å². The summed E-state index contributed by atoms with van der Waals surface area (Å²) in [6.45, 7) is 1.38. The first-order valence-electron chi connectivity index (χ1n) is 2.64. The summed E-state index contributed by atoms with van der Waals surface area (Å²) >= 11 is 0. The van der Waals surface area contributed by atoms with Crippen LogP contribution in [0.25, 0.3) is 0 Å². The predicted molar refractivity (Wildman–Crippen MR) is 32.6 cm³/mol. The number of carbonyl (C=O) groups is 1. The number of hydrogen-bond acceptors (Lipinski definition) is 4. The summed E-state index contributed by atoms with van der Waals surface area (Å²) in [5, 5.41) is 2.77. The molecular weight excluding hydrogens is 120 g/mol. The molecule has 0 aromatic carbocycles. The molecule has 4 N–H and O–H groups in total. The van der Waals surface area contributed by atoms with Crippen LogP contribution in [-0.2, 0) is 4.79 Å². The van der Waals surface area contributed by atoms with E-state index in [1.54, 1.807) is 0 Å². The summed E-state index contributed by atoms with van der Waals surface area (Å²) in [7, 11) is 0. The van der Waals surface area contributed by atoms with E-state index in [-0.39, 0.29) is 5.91 Å². The Hall–Kier alpha value is -1.10. The maximum atomic E-state index is 10.6. The highest BCUT2D eigenvalue weighted by Crippen LogP contribution is 1.82. The molecule has 1 rings (SSSR count). The van der Waals surface area contributed by atoms with Gasteiger partial charge in [0.2, 0.25) is 0 Å². The van der Waals surface area contributed by atoms with Gasteiger partial charge in [-0.05, 0) is 0 Å². The van der Waals surface area contributed by atoms with E-state index in [0.29, 0.717) is 12.4 Å². The number of nitrogens with one attached hydrogen (secondary N) is 2. The Balaban J connectivity index is 2.51. The molecule has 1 aliphatic rings. The number of amides is 1. The van der Waals surface area contributed by atoms with Crippen LogP contribution in [-0.4, -0.2) is 24.8 Å². The third-order valence-electron chi connectivity index (χ3n) is 1.02. The van der Waals surface area contributed by atoms with E-state index in [4.69, 9.17) is 5.84 Å². The Morgan fingerprint density at radius 3 is 3.11 bits per heavy atom. The average Bonchev–Trinajstić information content (AvgIpc) is 2.37. The standard InChI is InChI=1S/C4H8N4O/c5-8-4(9)3-6-1-2-7-3/h1-2,5H2,(H,6,7)(H,8,9). The zero-order valence-electron chi connectivity index (χ0n) is 4.85. The maximum absolute atomic E-state index is 10.6. The van der Waals surface area contributed by atoms with E-state index < -0.39 is 0 Å². The summed E-state index contributed by atoms with van der Waals surface area (Å²) in [4.78, 5) is 14.4. The van der Waals surface area contributed by atoms with Gasteiger partial charge in [0, 0.05) is 6.54 Å². The van der Waals surface area contributed by atoms with E-state index in [9.17, 15) is 4.79 Å². The summed E-state index contributed by atoms with van der Waals surface area (Å²) in [6.07, 6.45) is 0. The van der Waals surface area contributed by atoms with Gasteiger partial charge >= 0.3 is 0 Å². The summed E-state index contributed by atoms with van der Waals surface area (Å²) in [5.41, 5.74) is 1.97. The van der Waals surface area contributed by atoms with Crippen molar-refractivity contribution in [1.82, 2.24) is 10.7 Å². The minimum absolute atomic E-state index is 0.331. The average molecular weight is 128 g/mol. The van der Waals surface area contributed by atoms with Gasteiger partial charge in [-0.15, -0.1) is 0 Å².